The molecule has 5 nitrogen and oxygen atoms in total. The van der Waals surface area contributed by atoms with E-state index in [0.29, 0.717) is 17.2 Å². The third kappa shape index (κ3) is 3.46. The molecule has 3 rings (SSSR count). The van der Waals surface area contributed by atoms with Crippen LogP contribution in [0.2, 0.25) is 0 Å². The van der Waals surface area contributed by atoms with E-state index in [-0.39, 0.29) is 12.3 Å². The van der Waals surface area contributed by atoms with Crippen LogP contribution >= 0.6 is 0 Å². The third-order valence-corrected chi connectivity index (χ3v) is 3.69. The van der Waals surface area contributed by atoms with Gasteiger partial charge in [-0.2, -0.15) is 0 Å². The molecule has 0 aliphatic rings. The number of hydrogen-bond donors (Lipinski definition) is 1. The summed E-state index contributed by atoms with van der Waals surface area (Å²) in [5.41, 5.74) is 2.42. The third-order valence-electron chi connectivity index (χ3n) is 3.69. The Morgan fingerprint density at radius 2 is 1.83 bits per heavy atom. The number of rotatable bonds is 5. The van der Waals surface area contributed by atoms with Gasteiger partial charge in [0.15, 0.2) is 11.5 Å². The van der Waals surface area contributed by atoms with Crippen molar-refractivity contribution in [2.45, 2.75) is 6.42 Å². The van der Waals surface area contributed by atoms with Gasteiger partial charge in [-0.1, -0.05) is 24.3 Å². The Morgan fingerprint density at radius 3 is 2.62 bits per heavy atom. The Morgan fingerprint density at radius 1 is 1.04 bits per heavy atom. The average Bonchev–Trinajstić information content (AvgIpc) is 2.61. The van der Waals surface area contributed by atoms with Crippen LogP contribution in [-0.2, 0) is 11.2 Å². The lowest BCUT2D eigenvalue weighted by Gasteiger charge is -2.10. The fraction of sp³-hybridized carbons (Fsp3) is 0.158. The molecule has 0 aliphatic heterocycles. The molecule has 0 radical (unpaired) electrons. The number of carbonyl (C=O) groups is 1. The predicted molar refractivity (Wildman–Crippen MR) is 93.6 cm³/mol. The molecule has 3 aromatic rings. The zero-order valence-corrected chi connectivity index (χ0v) is 13.6. The number of anilines is 1. The first kappa shape index (κ1) is 15.8. The number of amides is 1. The van der Waals surface area contributed by atoms with E-state index in [4.69, 9.17) is 9.47 Å². The Kier molecular flexibility index (Phi) is 4.61. The van der Waals surface area contributed by atoms with Crippen molar-refractivity contribution in [3.63, 3.8) is 0 Å². The maximum absolute atomic E-state index is 12.3. The number of para-hydroxylation sites is 1. The number of carbonyl (C=O) groups excluding carboxylic acids is 1. The summed E-state index contributed by atoms with van der Waals surface area (Å²) in [6.45, 7) is 0. The molecule has 2 aromatic carbocycles. The monoisotopic (exact) mass is 322 g/mol. The van der Waals surface area contributed by atoms with Crippen LogP contribution in [0.25, 0.3) is 10.9 Å². The van der Waals surface area contributed by atoms with Gasteiger partial charge in [0, 0.05) is 5.39 Å². The molecule has 5 heteroatoms. The molecule has 1 N–H and O–H groups in total. The number of ether oxygens (including phenoxy) is 2. The van der Waals surface area contributed by atoms with E-state index in [2.05, 4.69) is 10.3 Å². The number of aromatic nitrogens is 1. The number of nitrogens with zero attached hydrogens (tertiary/aromatic N) is 1. The second-order valence-corrected chi connectivity index (χ2v) is 5.33. The molecule has 0 fully saturated rings. The number of hydrogen-bond acceptors (Lipinski definition) is 4. The highest BCUT2D eigenvalue weighted by Crippen LogP contribution is 2.27. The second-order valence-electron chi connectivity index (χ2n) is 5.33. The highest BCUT2D eigenvalue weighted by Gasteiger charge is 2.09. The SMILES string of the molecule is COc1ccc(CC(=O)Nc2cnc3ccccc3c2)cc1OC. The van der Waals surface area contributed by atoms with E-state index in [1.165, 1.54) is 0 Å². The van der Waals surface area contributed by atoms with Crippen molar-refractivity contribution in [3.8, 4) is 11.5 Å². The second kappa shape index (κ2) is 7.00. The zero-order chi connectivity index (χ0) is 16.9. The maximum atomic E-state index is 12.3. The molecule has 1 heterocycles. The van der Waals surface area contributed by atoms with E-state index < -0.39 is 0 Å². The first-order valence-corrected chi connectivity index (χ1v) is 7.55. The Hall–Kier alpha value is -3.08. The van der Waals surface area contributed by atoms with Crippen molar-refractivity contribution in [1.29, 1.82) is 0 Å². The van der Waals surface area contributed by atoms with E-state index >= 15 is 0 Å². The van der Waals surface area contributed by atoms with Gasteiger partial charge in [-0.3, -0.25) is 9.78 Å². The summed E-state index contributed by atoms with van der Waals surface area (Å²) in [5.74, 6) is 1.13. The van der Waals surface area contributed by atoms with Gasteiger partial charge in [0.05, 0.1) is 38.0 Å². The van der Waals surface area contributed by atoms with Gasteiger partial charge in [-0.05, 0) is 29.8 Å². The molecule has 0 aliphatic carbocycles. The Labute approximate surface area is 140 Å². The quantitative estimate of drug-likeness (QED) is 0.782. The van der Waals surface area contributed by atoms with E-state index in [1.807, 2.05) is 36.4 Å². The summed E-state index contributed by atoms with van der Waals surface area (Å²) < 4.78 is 10.5. The molecule has 0 bridgehead atoms. The molecule has 1 amide bonds. The van der Waals surface area contributed by atoms with Crippen molar-refractivity contribution in [3.05, 3.63) is 60.3 Å². The molecule has 0 unspecified atom stereocenters. The minimum atomic E-state index is -0.112. The molecule has 0 saturated carbocycles. The van der Waals surface area contributed by atoms with E-state index in [1.54, 1.807) is 32.5 Å². The largest absolute Gasteiger partial charge is 0.493 e. The van der Waals surface area contributed by atoms with Gasteiger partial charge in [0.1, 0.15) is 0 Å². The van der Waals surface area contributed by atoms with Crippen LogP contribution in [0.1, 0.15) is 5.56 Å². The molecule has 24 heavy (non-hydrogen) atoms. The van der Waals surface area contributed by atoms with Gasteiger partial charge in [0.25, 0.3) is 0 Å². The molecule has 0 saturated heterocycles. The summed E-state index contributed by atoms with van der Waals surface area (Å²) in [6, 6.07) is 15.1. The van der Waals surface area contributed by atoms with Crippen molar-refractivity contribution >= 4 is 22.5 Å². The van der Waals surface area contributed by atoms with Crippen molar-refractivity contribution < 1.29 is 14.3 Å². The van der Waals surface area contributed by atoms with Crippen molar-refractivity contribution in [2.75, 3.05) is 19.5 Å². The fourth-order valence-electron chi connectivity index (χ4n) is 2.52. The minimum absolute atomic E-state index is 0.112. The molecule has 0 spiro atoms. The molecule has 122 valence electrons. The van der Waals surface area contributed by atoms with Gasteiger partial charge >= 0.3 is 0 Å². The standard InChI is InChI=1S/C19H18N2O3/c1-23-17-8-7-13(9-18(17)24-2)10-19(22)21-15-11-14-5-3-4-6-16(14)20-12-15/h3-9,11-12H,10H2,1-2H3,(H,21,22). The summed E-state index contributed by atoms with van der Waals surface area (Å²) in [6.07, 6.45) is 1.90. The minimum Gasteiger partial charge on any atom is -0.493 e. The summed E-state index contributed by atoms with van der Waals surface area (Å²) in [4.78, 5) is 16.6. The Balaban J connectivity index is 1.72. The Bertz CT molecular complexity index is 877. The lowest BCUT2D eigenvalue weighted by Crippen LogP contribution is -2.14. The van der Waals surface area contributed by atoms with Crippen LogP contribution in [0, 0.1) is 0 Å². The highest BCUT2D eigenvalue weighted by atomic mass is 16.5. The van der Waals surface area contributed by atoms with Crippen LogP contribution in [0.5, 0.6) is 11.5 Å². The van der Waals surface area contributed by atoms with Crippen LogP contribution in [0.4, 0.5) is 5.69 Å². The number of fused-ring (bicyclic) bond motifs is 1. The summed E-state index contributed by atoms with van der Waals surface area (Å²) >= 11 is 0. The fourth-order valence-corrected chi connectivity index (χ4v) is 2.52. The predicted octanol–water partition coefficient (Wildman–Crippen LogP) is 3.43. The van der Waals surface area contributed by atoms with E-state index in [0.717, 1.165) is 16.5 Å². The van der Waals surface area contributed by atoms with Crippen molar-refractivity contribution in [1.82, 2.24) is 4.98 Å². The van der Waals surface area contributed by atoms with Crippen LogP contribution in [0.15, 0.2) is 54.7 Å². The summed E-state index contributed by atoms with van der Waals surface area (Å²) in [5, 5.41) is 3.86. The number of nitrogens with one attached hydrogen (secondary N) is 1. The maximum Gasteiger partial charge on any atom is 0.228 e. The number of pyridine rings is 1. The first-order chi connectivity index (χ1) is 11.7. The molecule has 0 atom stereocenters. The molecule has 1 aromatic heterocycles. The van der Waals surface area contributed by atoms with Crippen LogP contribution in [-0.4, -0.2) is 25.1 Å². The number of benzene rings is 2. The smallest absolute Gasteiger partial charge is 0.228 e. The van der Waals surface area contributed by atoms with Crippen LogP contribution < -0.4 is 14.8 Å². The van der Waals surface area contributed by atoms with Crippen molar-refractivity contribution in [2.24, 2.45) is 0 Å². The lowest BCUT2D eigenvalue weighted by molar-refractivity contribution is -0.115. The number of methoxy groups -OCH3 is 2. The lowest BCUT2D eigenvalue weighted by atomic mass is 10.1. The van der Waals surface area contributed by atoms with E-state index in [9.17, 15) is 4.79 Å². The topological polar surface area (TPSA) is 60.5 Å². The summed E-state index contributed by atoms with van der Waals surface area (Å²) in [7, 11) is 3.15. The van der Waals surface area contributed by atoms with Gasteiger partial charge in [-0.25, -0.2) is 0 Å². The van der Waals surface area contributed by atoms with Gasteiger partial charge in [-0.15, -0.1) is 0 Å². The molecular formula is C19H18N2O3. The normalized spacial score (nSPS) is 10.4. The zero-order valence-electron chi connectivity index (χ0n) is 13.6. The van der Waals surface area contributed by atoms with Gasteiger partial charge < -0.3 is 14.8 Å². The van der Waals surface area contributed by atoms with Crippen LogP contribution in [0.3, 0.4) is 0 Å². The molecular weight excluding hydrogens is 304 g/mol. The highest BCUT2D eigenvalue weighted by molar-refractivity contribution is 5.94. The first-order valence-electron chi connectivity index (χ1n) is 7.55. The van der Waals surface area contributed by atoms with Gasteiger partial charge in [0.2, 0.25) is 5.91 Å². The average molecular weight is 322 g/mol.